The maximum atomic E-state index is 12.3. The van der Waals surface area contributed by atoms with Crippen LogP contribution in [-0.4, -0.2) is 42.6 Å². The van der Waals surface area contributed by atoms with Crippen molar-refractivity contribution in [3.05, 3.63) is 24.3 Å². The van der Waals surface area contributed by atoms with Crippen LogP contribution in [0.1, 0.15) is 12.8 Å². The van der Waals surface area contributed by atoms with E-state index in [4.69, 9.17) is 15.2 Å². The summed E-state index contributed by atoms with van der Waals surface area (Å²) in [6.45, 7) is 1.70. The van der Waals surface area contributed by atoms with Crippen LogP contribution in [-0.2, 0) is 4.79 Å². The maximum absolute atomic E-state index is 12.3. The number of hydrogen-bond donors (Lipinski definition) is 1. The van der Waals surface area contributed by atoms with Crippen LogP contribution >= 0.6 is 12.4 Å². The van der Waals surface area contributed by atoms with Crippen molar-refractivity contribution in [2.24, 2.45) is 5.73 Å². The molecule has 2 aliphatic heterocycles. The molecule has 2 aliphatic rings. The number of fused-ring (bicyclic) bond motifs is 1. The first-order chi connectivity index (χ1) is 9.24. The molecule has 0 spiro atoms. The molecule has 1 unspecified atom stereocenters. The van der Waals surface area contributed by atoms with Gasteiger partial charge in [-0.3, -0.25) is 4.79 Å². The lowest BCUT2D eigenvalue weighted by molar-refractivity contribution is -0.142. The molecule has 0 bridgehead atoms. The third-order valence-electron chi connectivity index (χ3n) is 3.64. The van der Waals surface area contributed by atoms with Crippen LogP contribution in [0.3, 0.4) is 0 Å². The van der Waals surface area contributed by atoms with E-state index in [1.165, 1.54) is 0 Å². The second-order valence-corrected chi connectivity index (χ2v) is 5.03. The van der Waals surface area contributed by atoms with Crippen LogP contribution in [0.15, 0.2) is 24.3 Å². The van der Waals surface area contributed by atoms with Crippen LogP contribution in [0, 0.1) is 0 Å². The van der Waals surface area contributed by atoms with Crippen LogP contribution in [0.4, 0.5) is 0 Å². The molecule has 0 radical (unpaired) electrons. The van der Waals surface area contributed by atoms with Crippen molar-refractivity contribution in [3.63, 3.8) is 0 Å². The molecule has 1 atom stereocenters. The summed E-state index contributed by atoms with van der Waals surface area (Å²) < 4.78 is 11.3. The molecule has 20 heavy (non-hydrogen) atoms. The quantitative estimate of drug-likeness (QED) is 0.846. The number of benzene rings is 1. The van der Waals surface area contributed by atoms with Crippen LogP contribution in [0.5, 0.6) is 11.5 Å². The Morgan fingerprint density at radius 3 is 2.55 bits per heavy atom. The molecular formula is C14H19ClN2O3. The Hall–Kier alpha value is -1.46. The summed E-state index contributed by atoms with van der Waals surface area (Å²) in [5.41, 5.74) is 5.84. The number of amides is 1. The molecule has 1 aromatic rings. The summed E-state index contributed by atoms with van der Waals surface area (Å²) in [6.07, 6.45) is 1.18. The highest BCUT2D eigenvalue weighted by atomic mass is 35.5. The van der Waals surface area contributed by atoms with E-state index in [0.29, 0.717) is 24.6 Å². The minimum atomic E-state index is -0.538. The Bertz CT molecular complexity index is 475. The van der Waals surface area contributed by atoms with Crippen molar-refractivity contribution in [3.8, 4) is 11.5 Å². The number of para-hydroxylation sites is 2. The van der Waals surface area contributed by atoms with Gasteiger partial charge < -0.3 is 20.1 Å². The molecule has 0 saturated carbocycles. The number of carbonyl (C=O) groups is 1. The highest BCUT2D eigenvalue weighted by Crippen LogP contribution is 2.31. The highest BCUT2D eigenvalue weighted by Gasteiger charge is 2.32. The van der Waals surface area contributed by atoms with Gasteiger partial charge in [-0.2, -0.15) is 0 Å². The Balaban J connectivity index is 0.00000147. The number of nitrogens with two attached hydrogens (primary N) is 1. The van der Waals surface area contributed by atoms with Crippen molar-refractivity contribution >= 4 is 18.3 Å². The molecule has 6 heteroatoms. The number of rotatable bonds is 1. The summed E-state index contributed by atoms with van der Waals surface area (Å²) in [7, 11) is 0. The molecule has 1 amide bonds. The second-order valence-electron chi connectivity index (χ2n) is 5.03. The van der Waals surface area contributed by atoms with E-state index >= 15 is 0 Å². The van der Waals surface area contributed by atoms with E-state index < -0.39 is 6.10 Å². The number of likely N-dealkylation sites (tertiary alicyclic amines) is 1. The topological polar surface area (TPSA) is 64.8 Å². The van der Waals surface area contributed by atoms with Gasteiger partial charge in [-0.15, -0.1) is 12.4 Å². The van der Waals surface area contributed by atoms with Crippen molar-refractivity contribution < 1.29 is 14.3 Å². The third kappa shape index (κ3) is 2.99. The number of piperidine rings is 1. The van der Waals surface area contributed by atoms with Gasteiger partial charge >= 0.3 is 0 Å². The average Bonchev–Trinajstić information content (AvgIpc) is 2.47. The van der Waals surface area contributed by atoms with Gasteiger partial charge in [0.15, 0.2) is 11.5 Å². The van der Waals surface area contributed by atoms with E-state index in [1.54, 1.807) is 0 Å². The highest BCUT2D eigenvalue weighted by molar-refractivity contribution is 5.85. The van der Waals surface area contributed by atoms with E-state index in [-0.39, 0.29) is 31.0 Å². The number of carbonyl (C=O) groups excluding carboxylic acids is 1. The van der Waals surface area contributed by atoms with Gasteiger partial charge in [-0.05, 0) is 25.0 Å². The van der Waals surface area contributed by atoms with Crippen LogP contribution < -0.4 is 15.2 Å². The standard InChI is InChI=1S/C14H18N2O3.ClH/c15-10-5-7-16(8-6-10)14(17)13-9-18-11-3-1-2-4-12(11)19-13;/h1-4,10,13H,5-9,15H2;1H. The molecule has 2 N–H and O–H groups in total. The average molecular weight is 299 g/mol. The molecule has 3 rings (SSSR count). The van der Waals surface area contributed by atoms with Crippen molar-refractivity contribution in [2.75, 3.05) is 19.7 Å². The molecule has 5 nitrogen and oxygen atoms in total. The Morgan fingerprint density at radius 1 is 1.20 bits per heavy atom. The lowest BCUT2D eigenvalue weighted by Gasteiger charge is -2.34. The SMILES string of the molecule is Cl.NC1CCN(C(=O)C2COc3ccccc3O2)CC1. The fourth-order valence-corrected chi connectivity index (χ4v) is 2.46. The van der Waals surface area contributed by atoms with Crippen molar-refractivity contribution in [1.29, 1.82) is 0 Å². The first-order valence-corrected chi connectivity index (χ1v) is 6.67. The summed E-state index contributed by atoms with van der Waals surface area (Å²) in [5.74, 6) is 1.34. The zero-order valence-electron chi connectivity index (χ0n) is 11.2. The fourth-order valence-electron chi connectivity index (χ4n) is 2.46. The Kier molecular flexibility index (Phi) is 4.73. The smallest absolute Gasteiger partial charge is 0.267 e. The first kappa shape index (κ1) is 14.9. The van der Waals surface area contributed by atoms with Gasteiger partial charge in [-0.1, -0.05) is 12.1 Å². The lowest BCUT2D eigenvalue weighted by Crippen LogP contribution is -2.50. The van der Waals surface area contributed by atoms with Gasteiger partial charge in [0, 0.05) is 19.1 Å². The first-order valence-electron chi connectivity index (χ1n) is 6.67. The van der Waals surface area contributed by atoms with E-state index in [2.05, 4.69) is 0 Å². The minimum Gasteiger partial charge on any atom is -0.485 e. The molecule has 2 heterocycles. The summed E-state index contributed by atoms with van der Waals surface area (Å²) in [4.78, 5) is 14.2. The number of nitrogens with zero attached hydrogens (tertiary/aromatic N) is 1. The molecule has 0 aromatic heterocycles. The molecule has 0 aliphatic carbocycles. The zero-order chi connectivity index (χ0) is 13.2. The van der Waals surface area contributed by atoms with Gasteiger partial charge in [0.1, 0.15) is 6.61 Å². The zero-order valence-corrected chi connectivity index (χ0v) is 12.0. The molecular weight excluding hydrogens is 280 g/mol. The summed E-state index contributed by atoms with van der Waals surface area (Å²) >= 11 is 0. The van der Waals surface area contributed by atoms with Gasteiger partial charge in [0.05, 0.1) is 0 Å². The monoisotopic (exact) mass is 298 g/mol. The van der Waals surface area contributed by atoms with E-state index in [1.807, 2.05) is 29.2 Å². The van der Waals surface area contributed by atoms with E-state index in [9.17, 15) is 4.79 Å². The maximum Gasteiger partial charge on any atom is 0.267 e. The predicted molar refractivity (Wildman–Crippen MR) is 77.4 cm³/mol. The number of hydrogen-bond acceptors (Lipinski definition) is 4. The molecule has 1 aromatic carbocycles. The summed E-state index contributed by atoms with van der Waals surface area (Å²) in [5, 5.41) is 0. The minimum absolute atomic E-state index is 0. The van der Waals surface area contributed by atoms with Crippen molar-refractivity contribution in [1.82, 2.24) is 4.90 Å². The Labute approximate surface area is 124 Å². The van der Waals surface area contributed by atoms with E-state index in [0.717, 1.165) is 12.8 Å². The van der Waals surface area contributed by atoms with Crippen molar-refractivity contribution in [2.45, 2.75) is 25.0 Å². The fraction of sp³-hybridized carbons (Fsp3) is 0.500. The van der Waals surface area contributed by atoms with Gasteiger partial charge in [0.25, 0.3) is 5.91 Å². The Morgan fingerprint density at radius 2 is 1.85 bits per heavy atom. The largest absolute Gasteiger partial charge is 0.485 e. The van der Waals surface area contributed by atoms with Crippen LogP contribution in [0.2, 0.25) is 0 Å². The molecule has 110 valence electrons. The third-order valence-corrected chi connectivity index (χ3v) is 3.64. The number of ether oxygens (including phenoxy) is 2. The van der Waals surface area contributed by atoms with Gasteiger partial charge in [-0.25, -0.2) is 0 Å². The molecule has 1 saturated heterocycles. The normalized spacial score (nSPS) is 22.1. The summed E-state index contributed by atoms with van der Waals surface area (Å²) in [6, 6.07) is 7.63. The lowest BCUT2D eigenvalue weighted by atomic mass is 10.1. The van der Waals surface area contributed by atoms with Gasteiger partial charge in [0.2, 0.25) is 6.10 Å². The second kappa shape index (κ2) is 6.33. The van der Waals surface area contributed by atoms with Crippen LogP contribution in [0.25, 0.3) is 0 Å². The molecule has 1 fully saturated rings. The number of halogens is 1. The predicted octanol–water partition coefficient (Wildman–Crippen LogP) is 1.20.